The number of ether oxygens (including phenoxy) is 2. The Kier molecular flexibility index (Phi) is 9.09. The number of likely N-dealkylation sites (N-methyl/N-ethyl adjacent to an activating group) is 1. The summed E-state index contributed by atoms with van der Waals surface area (Å²) in [5.74, 6) is -0.921. The van der Waals surface area contributed by atoms with Crippen molar-refractivity contribution in [1.82, 2.24) is 15.5 Å². The summed E-state index contributed by atoms with van der Waals surface area (Å²) in [5.41, 5.74) is 5.55. The predicted molar refractivity (Wildman–Crippen MR) is 117 cm³/mol. The van der Waals surface area contributed by atoms with E-state index in [0.717, 1.165) is 24.9 Å². The van der Waals surface area contributed by atoms with E-state index in [1.807, 2.05) is 24.3 Å². The molecule has 172 valence electrons. The lowest BCUT2D eigenvalue weighted by atomic mass is 9.82. The SMILES string of the molecule is COCC(NC(=O)C(C)OC(N)=O)C(=O)N(C)[C@@]1(Cc2ccc(Cl)cc2)CCCNC1. The molecule has 9 nitrogen and oxygen atoms in total. The normalized spacial score (nSPS) is 20.4. The molecule has 1 aromatic carbocycles. The van der Waals surface area contributed by atoms with Gasteiger partial charge in [0.05, 0.1) is 12.1 Å². The molecule has 2 rings (SSSR count). The van der Waals surface area contributed by atoms with E-state index in [0.29, 0.717) is 18.0 Å². The number of hydrogen-bond donors (Lipinski definition) is 3. The van der Waals surface area contributed by atoms with Crippen LogP contribution in [0.4, 0.5) is 4.79 Å². The molecule has 0 aliphatic carbocycles. The van der Waals surface area contributed by atoms with Crippen molar-refractivity contribution < 1.29 is 23.9 Å². The van der Waals surface area contributed by atoms with Crippen LogP contribution in [0.25, 0.3) is 0 Å². The summed E-state index contributed by atoms with van der Waals surface area (Å²) >= 11 is 6.01. The van der Waals surface area contributed by atoms with Crippen LogP contribution in [-0.4, -0.2) is 74.3 Å². The highest BCUT2D eigenvalue weighted by molar-refractivity contribution is 6.30. The minimum atomic E-state index is -1.13. The van der Waals surface area contributed by atoms with Crippen molar-refractivity contribution >= 4 is 29.5 Å². The summed E-state index contributed by atoms with van der Waals surface area (Å²) in [6.07, 6.45) is 0.156. The average Bonchev–Trinajstić information content (AvgIpc) is 2.74. The summed E-state index contributed by atoms with van der Waals surface area (Å²) < 4.78 is 9.86. The second-order valence-corrected chi connectivity index (χ2v) is 8.24. The highest BCUT2D eigenvalue weighted by atomic mass is 35.5. The molecule has 1 heterocycles. The molecule has 1 aliphatic rings. The molecule has 3 amide bonds. The topological polar surface area (TPSA) is 123 Å². The van der Waals surface area contributed by atoms with Crippen molar-refractivity contribution in [3.8, 4) is 0 Å². The minimum Gasteiger partial charge on any atom is -0.437 e. The first-order valence-electron chi connectivity index (χ1n) is 10.2. The number of amides is 3. The minimum absolute atomic E-state index is 0.0251. The Balaban J connectivity index is 2.20. The molecule has 1 aliphatic heterocycles. The summed E-state index contributed by atoms with van der Waals surface area (Å²) in [4.78, 5) is 38.4. The van der Waals surface area contributed by atoms with Gasteiger partial charge in [-0.05, 0) is 50.4 Å². The number of benzene rings is 1. The van der Waals surface area contributed by atoms with Gasteiger partial charge in [-0.1, -0.05) is 23.7 Å². The highest BCUT2D eigenvalue weighted by Crippen LogP contribution is 2.29. The van der Waals surface area contributed by atoms with Gasteiger partial charge in [-0.15, -0.1) is 0 Å². The number of primary amides is 1. The summed E-state index contributed by atoms with van der Waals surface area (Å²) in [7, 11) is 3.19. The molecule has 0 aromatic heterocycles. The monoisotopic (exact) mass is 454 g/mol. The van der Waals surface area contributed by atoms with Gasteiger partial charge in [-0.2, -0.15) is 0 Å². The van der Waals surface area contributed by atoms with Crippen LogP contribution in [0.5, 0.6) is 0 Å². The molecule has 4 N–H and O–H groups in total. The number of halogens is 1. The Morgan fingerprint density at radius 3 is 2.55 bits per heavy atom. The molecule has 0 spiro atoms. The second kappa shape index (κ2) is 11.3. The maximum absolute atomic E-state index is 13.4. The summed E-state index contributed by atoms with van der Waals surface area (Å²) in [5, 5.41) is 6.64. The third-order valence-corrected chi connectivity index (χ3v) is 5.80. The lowest BCUT2D eigenvalue weighted by molar-refractivity contribution is -0.144. The van der Waals surface area contributed by atoms with E-state index >= 15 is 0 Å². The number of rotatable bonds is 9. The molecular weight excluding hydrogens is 424 g/mol. The van der Waals surface area contributed by atoms with Crippen molar-refractivity contribution in [1.29, 1.82) is 0 Å². The first-order valence-corrected chi connectivity index (χ1v) is 10.5. The van der Waals surface area contributed by atoms with E-state index in [2.05, 4.69) is 10.6 Å². The fourth-order valence-electron chi connectivity index (χ4n) is 3.82. The standard InChI is InChI=1S/C21H31ClN4O5/c1-14(31-20(23)29)18(27)25-17(12-30-3)19(28)26(2)21(9-4-10-24-13-21)11-15-5-7-16(22)8-6-15/h5-8,14,17,24H,4,9-13H2,1-3H3,(H2,23,29)(H,25,27)/t14?,17?,21-/m1/s1. The van der Waals surface area contributed by atoms with Gasteiger partial charge in [0.15, 0.2) is 6.10 Å². The van der Waals surface area contributed by atoms with Gasteiger partial charge in [0.25, 0.3) is 5.91 Å². The van der Waals surface area contributed by atoms with Crippen LogP contribution in [0.15, 0.2) is 24.3 Å². The van der Waals surface area contributed by atoms with Crippen molar-refractivity contribution in [2.45, 2.75) is 43.9 Å². The molecule has 10 heteroatoms. The zero-order valence-electron chi connectivity index (χ0n) is 18.2. The first kappa shape index (κ1) is 24.9. The van der Waals surface area contributed by atoms with Crippen LogP contribution in [0.3, 0.4) is 0 Å². The van der Waals surface area contributed by atoms with Gasteiger partial charge in [0.2, 0.25) is 5.91 Å². The molecule has 1 aromatic rings. The zero-order chi connectivity index (χ0) is 23.0. The molecule has 0 saturated carbocycles. The fourth-order valence-corrected chi connectivity index (χ4v) is 3.94. The van der Waals surface area contributed by atoms with Gasteiger partial charge in [0.1, 0.15) is 6.04 Å². The Hall–Kier alpha value is -2.36. The maximum atomic E-state index is 13.4. The van der Waals surface area contributed by atoms with E-state index in [9.17, 15) is 14.4 Å². The number of nitrogens with one attached hydrogen (secondary N) is 2. The van der Waals surface area contributed by atoms with E-state index in [1.54, 1.807) is 11.9 Å². The highest BCUT2D eigenvalue weighted by Gasteiger charge is 2.41. The number of hydrogen-bond acceptors (Lipinski definition) is 6. The largest absolute Gasteiger partial charge is 0.437 e. The Morgan fingerprint density at radius 1 is 1.32 bits per heavy atom. The molecule has 0 radical (unpaired) electrons. The lowest BCUT2D eigenvalue weighted by Crippen LogP contribution is -2.63. The Morgan fingerprint density at radius 2 is 2.00 bits per heavy atom. The Bertz CT molecular complexity index is 768. The van der Waals surface area contributed by atoms with Crippen LogP contribution in [-0.2, 0) is 25.5 Å². The number of carbonyl (C=O) groups is 3. The molecule has 1 fully saturated rings. The second-order valence-electron chi connectivity index (χ2n) is 7.80. The molecule has 0 bridgehead atoms. The third-order valence-electron chi connectivity index (χ3n) is 5.55. The molecule has 3 atom stereocenters. The van der Waals surface area contributed by atoms with Crippen LogP contribution in [0.2, 0.25) is 5.02 Å². The van der Waals surface area contributed by atoms with Gasteiger partial charge >= 0.3 is 6.09 Å². The van der Waals surface area contributed by atoms with Crippen molar-refractivity contribution in [2.75, 3.05) is 33.9 Å². The smallest absolute Gasteiger partial charge is 0.405 e. The molecule has 31 heavy (non-hydrogen) atoms. The zero-order valence-corrected chi connectivity index (χ0v) is 18.9. The summed E-state index contributed by atoms with van der Waals surface area (Å²) in [6.45, 7) is 2.85. The third kappa shape index (κ3) is 6.81. The van der Waals surface area contributed by atoms with E-state index in [4.69, 9.17) is 26.8 Å². The Labute approximate surface area is 187 Å². The quantitative estimate of drug-likeness (QED) is 0.513. The van der Waals surface area contributed by atoms with Crippen molar-refractivity contribution in [3.63, 3.8) is 0 Å². The molecular formula is C21H31ClN4O5. The predicted octanol–water partition coefficient (Wildman–Crippen LogP) is 1.08. The summed E-state index contributed by atoms with van der Waals surface area (Å²) in [6, 6.07) is 6.63. The molecule has 2 unspecified atom stereocenters. The van der Waals surface area contributed by atoms with Gasteiger partial charge in [-0.3, -0.25) is 9.59 Å². The van der Waals surface area contributed by atoms with Crippen LogP contribution >= 0.6 is 11.6 Å². The number of nitrogens with two attached hydrogens (primary N) is 1. The van der Waals surface area contributed by atoms with E-state index in [-0.39, 0.29) is 12.5 Å². The van der Waals surface area contributed by atoms with Crippen molar-refractivity contribution in [2.24, 2.45) is 5.73 Å². The van der Waals surface area contributed by atoms with Gasteiger partial charge in [-0.25, -0.2) is 4.79 Å². The van der Waals surface area contributed by atoms with Crippen LogP contribution < -0.4 is 16.4 Å². The van der Waals surface area contributed by atoms with Crippen molar-refractivity contribution in [3.05, 3.63) is 34.9 Å². The maximum Gasteiger partial charge on any atom is 0.405 e. The van der Waals surface area contributed by atoms with Gasteiger partial charge in [0, 0.05) is 25.7 Å². The number of carbonyl (C=O) groups excluding carboxylic acids is 3. The lowest BCUT2D eigenvalue weighted by Gasteiger charge is -2.46. The first-order chi connectivity index (χ1) is 14.7. The number of piperidine rings is 1. The fraction of sp³-hybridized carbons (Fsp3) is 0.571. The number of methoxy groups -OCH3 is 1. The van der Waals surface area contributed by atoms with Gasteiger partial charge < -0.3 is 30.7 Å². The van der Waals surface area contributed by atoms with E-state index in [1.165, 1.54) is 14.0 Å². The number of nitrogens with zero attached hydrogens (tertiary/aromatic N) is 1. The van der Waals surface area contributed by atoms with E-state index < -0.39 is 29.7 Å². The molecule has 1 saturated heterocycles. The van der Waals surface area contributed by atoms with Crippen LogP contribution in [0.1, 0.15) is 25.3 Å². The van der Waals surface area contributed by atoms with Crippen LogP contribution in [0, 0.1) is 0 Å². The average molecular weight is 455 g/mol.